The Bertz CT molecular complexity index is 437. The van der Waals surface area contributed by atoms with Crippen molar-refractivity contribution in [3.05, 3.63) is 29.6 Å². The quantitative estimate of drug-likeness (QED) is 0.755. The summed E-state index contributed by atoms with van der Waals surface area (Å²) in [4.78, 5) is 13.7. The molecular weight excluding hydrogens is 223 g/mol. The van der Waals surface area contributed by atoms with Gasteiger partial charge in [0.05, 0.1) is 23.9 Å². The predicted molar refractivity (Wildman–Crippen MR) is 62.0 cm³/mol. The Labute approximate surface area is 98.8 Å². The maximum Gasteiger partial charge on any atom is 0.256 e. The molecule has 1 amide bonds. The monoisotopic (exact) mass is 238 g/mol. The number of rotatable bonds is 2. The highest BCUT2D eigenvalue weighted by molar-refractivity contribution is 5.99. The number of halogens is 1. The number of nitrogens with two attached hydrogens (primary N) is 1. The summed E-state index contributed by atoms with van der Waals surface area (Å²) in [7, 11) is 0. The van der Waals surface area contributed by atoms with Gasteiger partial charge in [0, 0.05) is 6.54 Å². The van der Waals surface area contributed by atoms with E-state index < -0.39 is 5.82 Å². The van der Waals surface area contributed by atoms with Crippen molar-refractivity contribution in [1.29, 1.82) is 0 Å². The molecule has 0 bridgehead atoms. The van der Waals surface area contributed by atoms with Crippen LogP contribution in [0.15, 0.2) is 18.2 Å². The number of aliphatic hydroxyl groups is 1. The van der Waals surface area contributed by atoms with E-state index in [-0.39, 0.29) is 29.8 Å². The number of hydrogen-bond donors (Lipinski definition) is 2. The van der Waals surface area contributed by atoms with Gasteiger partial charge in [0.25, 0.3) is 5.91 Å². The van der Waals surface area contributed by atoms with Crippen molar-refractivity contribution in [3.63, 3.8) is 0 Å². The van der Waals surface area contributed by atoms with Gasteiger partial charge in [0.1, 0.15) is 5.82 Å². The number of nitrogens with zero attached hydrogens (tertiary/aromatic N) is 1. The van der Waals surface area contributed by atoms with Crippen LogP contribution in [0.4, 0.5) is 10.1 Å². The maximum absolute atomic E-state index is 13.3. The number of benzene rings is 1. The van der Waals surface area contributed by atoms with E-state index >= 15 is 0 Å². The van der Waals surface area contributed by atoms with E-state index in [0.717, 1.165) is 12.8 Å². The standard InChI is InChI=1S/C12H15FN2O2/c13-10-5-1-4-9(11(10)14)12(17)15-6-2-3-8(15)7-16/h1,4-5,8,16H,2-3,6-7,14H2. The lowest BCUT2D eigenvalue weighted by atomic mass is 10.1. The first-order chi connectivity index (χ1) is 8.15. The van der Waals surface area contributed by atoms with Gasteiger partial charge in [-0.2, -0.15) is 0 Å². The molecule has 17 heavy (non-hydrogen) atoms. The van der Waals surface area contributed by atoms with Crippen LogP contribution in [-0.2, 0) is 0 Å². The second kappa shape index (κ2) is 4.71. The van der Waals surface area contributed by atoms with Gasteiger partial charge >= 0.3 is 0 Å². The second-order valence-electron chi connectivity index (χ2n) is 4.18. The van der Waals surface area contributed by atoms with Crippen molar-refractivity contribution < 1.29 is 14.3 Å². The Balaban J connectivity index is 2.28. The summed E-state index contributed by atoms with van der Waals surface area (Å²) in [6.45, 7) is 0.515. The maximum atomic E-state index is 13.3. The largest absolute Gasteiger partial charge is 0.396 e. The van der Waals surface area contributed by atoms with Gasteiger partial charge in [-0.05, 0) is 25.0 Å². The molecule has 4 nitrogen and oxygen atoms in total. The SMILES string of the molecule is Nc1c(F)cccc1C(=O)N1CCCC1CO. The minimum Gasteiger partial charge on any atom is -0.396 e. The van der Waals surface area contributed by atoms with Crippen molar-refractivity contribution in [3.8, 4) is 0 Å². The highest BCUT2D eigenvalue weighted by Gasteiger charge is 2.29. The van der Waals surface area contributed by atoms with E-state index in [4.69, 9.17) is 10.8 Å². The molecule has 0 radical (unpaired) electrons. The molecule has 1 aromatic rings. The average molecular weight is 238 g/mol. The number of para-hydroxylation sites is 1. The molecule has 1 heterocycles. The highest BCUT2D eigenvalue weighted by atomic mass is 19.1. The van der Waals surface area contributed by atoms with Crippen LogP contribution >= 0.6 is 0 Å². The zero-order valence-corrected chi connectivity index (χ0v) is 9.40. The topological polar surface area (TPSA) is 66.6 Å². The molecule has 1 aliphatic rings. The number of likely N-dealkylation sites (tertiary alicyclic amines) is 1. The van der Waals surface area contributed by atoms with Gasteiger partial charge in [-0.15, -0.1) is 0 Å². The van der Waals surface area contributed by atoms with Crippen LogP contribution in [0.3, 0.4) is 0 Å². The highest BCUT2D eigenvalue weighted by Crippen LogP contribution is 2.23. The van der Waals surface area contributed by atoms with Gasteiger partial charge in [0.15, 0.2) is 0 Å². The lowest BCUT2D eigenvalue weighted by molar-refractivity contribution is 0.0678. The number of aliphatic hydroxyl groups excluding tert-OH is 1. The molecule has 0 spiro atoms. The summed E-state index contributed by atoms with van der Waals surface area (Å²) < 4.78 is 13.3. The summed E-state index contributed by atoms with van der Waals surface area (Å²) >= 11 is 0. The Kier molecular flexibility index (Phi) is 3.28. The smallest absolute Gasteiger partial charge is 0.256 e. The second-order valence-corrected chi connectivity index (χ2v) is 4.18. The third-order valence-electron chi connectivity index (χ3n) is 3.13. The van der Waals surface area contributed by atoms with Crippen molar-refractivity contribution in [2.45, 2.75) is 18.9 Å². The number of carbonyl (C=O) groups is 1. The molecule has 1 saturated heterocycles. The Morgan fingerprint density at radius 1 is 1.59 bits per heavy atom. The van der Waals surface area contributed by atoms with Gasteiger partial charge in [-0.1, -0.05) is 6.07 Å². The van der Waals surface area contributed by atoms with Crippen molar-refractivity contribution in [1.82, 2.24) is 4.90 Å². The third-order valence-corrected chi connectivity index (χ3v) is 3.13. The number of carbonyl (C=O) groups excluding carboxylic acids is 1. The summed E-state index contributed by atoms with van der Waals surface area (Å²) in [6.07, 6.45) is 1.63. The summed E-state index contributed by atoms with van der Waals surface area (Å²) in [5.41, 5.74) is 5.60. The first-order valence-electron chi connectivity index (χ1n) is 5.61. The number of amides is 1. The molecule has 1 fully saturated rings. The zero-order valence-electron chi connectivity index (χ0n) is 9.40. The average Bonchev–Trinajstić information content (AvgIpc) is 2.80. The van der Waals surface area contributed by atoms with Crippen molar-refractivity contribution in [2.75, 3.05) is 18.9 Å². The van der Waals surface area contributed by atoms with Crippen molar-refractivity contribution in [2.24, 2.45) is 0 Å². The molecule has 92 valence electrons. The summed E-state index contributed by atoms with van der Waals surface area (Å²) in [5.74, 6) is -0.894. The van der Waals surface area contributed by atoms with Crippen LogP contribution < -0.4 is 5.73 Å². The number of hydrogen-bond acceptors (Lipinski definition) is 3. The Hall–Kier alpha value is -1.62. The van der Waals surface area contributed by atoms with Gasteiger partial charge < -0.3 is 15.7 Å². The van der Waals surface area contributed by atoms with Crippen LogP contribution in [0.25, 0.3) is 0 Å². The van der Waals surface area contributed by atoms with Crippen LogP contribution in [0.2, 0.25) is 0 Å². The fourth-order valence-corrected chi connectivity index (χ4v) is 2.17. The molecule has 1 aliphatic heterocycles. The fraction of sp³-hybridized carbons (Fsp3) is 0.417. The van der Waals surface area contributed by atoms with Crippen molar-refractivity contribution >= 4 is 11.6 Å². The van der Waals surface area contributed by atoms with Gasteiger partial charge in [-0.3, -0.25) is 4.79 Å². The van der Waals surface area contributed by atoms with E-state index in [0.29, 0.717) is 6.54 Å². The predicted octanol–water partition coefficient (Wildman–Crippen LogP) is 1.00. The molecule has 1 aromatic carbocycles. The fourth-order valence-electron chi connectivity index (χ4n) is 2.17. The van der Waals surface area contributed by atoms with E-state index in [2.05, 4.69) is 0 Å². The molecule has 1 unspecified atom stereocenters. The van der Waals surface area contributed by atoms with Crippen LogP contribution in [0.5, 0.6) is 0 Å². The molecular formula is C12H15FN2O2. The molecule has 1 atom stereocenters. The molecule has 3 N–H and O–H groups in total. The van der Waals surface area contributed by atoms with E-state index in [1.807, 2.05) is 0 Å². The van der Waals surface area contributed by atoms with Crippen LogP contribution in [0, 0.1) is 5.82 Å². The Morgan fingerprint density at radius 2 is 2.35 bits per heavy atom. The molecule has 0 aromatic heterocycles. The zero-order chi connectivity index (χ0) is 12.4. The van der Waals surface area contributed by atoms with E-state index in [9.17, 15) is 9.18 Å². The minimum atomic E-state index is -0.587. The number of nitrogen functional groups attached to an aromatic ring is 1. The molecule has 0 saturated carbocycles. The number of anilines is 1. The van der Waals surface area contributed by atoms with E-state index in [1.165, 1.54) is 18.2 Å². The lowest BCUT2D eigenvalue weighted by Crippen LogP contribution is -2.38. The molecule has 5 heteroatoms. The van der Waals surface area contributed by atoms with Gasteiger partial charge in [0.2, 0.25) is 0 Å². The first-order valence-corrected chi connectivity index (χ1v) is 5.61. The van der Waals surface area contributed by atoms with E-state index in [1.54, 1.807) is 4.90 Å². The molecule has 0 aliphatic carbocycles. The van der Waals surface area contributed by atoms with Gasteiger partial charge in [-0.25, -0.2) is 4.39 Å². The van der Waals surface area contributed by atoms with Crippen LogP contribution in [-0.4, -0.2) is 35.1 Å². The minimum absolute atomic E-state index is 0.0685. The molecule has 2 rings (SSSR count). The van der Waals surface area contributed by atoms with Crippen LogP contribution in [0.1, 0.15) is 23.2 Å². The first kappa shape index (κ1) is 11.9. The lowest BCUT2D eigenvalue weighted by Gasteiger charge is -2.23. The normalized spacial score (nSPS) is 19.6. The third kappa shape index (κ3) is 2.10. The summed E-state index contributed by atoms with van der Waals surface area (Å²) in [5, 5.41) is 9.16. The summed E-state index contributed by atoms with van der Waals surface area (Å²) in [6, 6.07) is 4.01. The Morgan fingerprint density at radius 3 is 3.06 bits per heavy atom.